The molecule has 0 aliphatic carbocycles. The highest BCUT2D eigenvalue weighted by atomic mass is 32.2. The lowest BCUT2D eigenvalue weighted by atomic mass is 10.1. The van der Waals surface area contributed by atoms with E-state index in [-0.39, 0.29) is 11.7 Å². The number of phenols is 1. The van der Waals surface area contributed by atoms with Crippen LogP contribution in [0.5, 0.6) is 11.5 Å². The minimum Gasteiger partial charge on any atom is -0.508 e. The zero-order valence-electron chi connectivity index (χ0n) is 15.0. The minimum absolute atomic E-state index is 0.133. The van der Waals surface area contributed by atoms with E-state index in [2.05, 4.69) is 5.32 Å². The zero-order chi connectivity index (χ0) is 19.1. The second-order valence-corrected chi connectivity index (χ2v) is 7.00. The predicted octanol–water partition coefficient (Wildman–Crippen LogP) is 5.26. The molecule has 0 saturated heterocycles. The van der Waals surface area contributed by atoms with Crippen LogP contribution in [0.2, 0.25) is 0 Å². The molecule has 0 aromatic heterocycles. The molecule has 0 heterocycles. The standard InChI is InChI=1S/C22H21NO3S/c1-2-26-20-11-7-6-10-19(20)23-22(25)21(16-8-4-3-5-9-16)27-18-14-12-17(24)13-15-18/h3-15,21,24H,2H2,1H3,(H,23,25). The first kappa shape index (κ1) is 18.9. The molecule has 27 heavy (non-hydrogen) atoms. The minimum atomic E-state index is -0.439. The SMILES string of the molecule is CCOc1ccccc1NC(=O)C(Sc1ccc(O)cc1)c1ccccc1. The van der Waals surface area contributed by atoms with Crippen molar-refractivity contribution >= 4 is 23.4 Å². The van der Waals surface area contributed by atoms with E-state index >= 15 is 0 Å². The van der Waals surface area contributed by atoms with Crippen LogP contribution in [0.4, 0.5) is 5.69 Å². The number of nitrogens with one attached hydrogen (secondary N) is 1. The Hall–Kier alpha value is -2.92. The molecule has 5 heteroatoms. The summed E-state index contributed by atoms with van der Waals surface area (Å²) in [6.45, 7) is 2.43. The number of carbonyl (C=O) groups excluding carboxylic acids is 1. The van der Waals surface area contributed by atoms with Gasteiger partial charge in [0.05, 0.1) is 12.3 Å². The lowest BCUT2D eigenvalue weighted by Crippen LogP contribution is -2.19. The van der Waals surface area contributed by atoms with Crippen molar-refractivity contribution in [2.24, 2.45) is 0 Å². The highest BCUT2D eigenvalue weighted by molar-refractivity contribution is 8.00. The second kappa shape index (κ2) is 9.14. The maximum atomic E-state index is 13.1. The van der Waals surface area contributed by atoms with Gasteiger partial charge in [0.25, 0.3) is 0 Å². The molecule has 0 fully saturated rings. The first-order chi connectivity index (χ1) is 13.2. The Morgan fingerprint density at radius 1 is 1.00 bits per heavy atom. The van der Waals surface area contributed by atoms with E-state index in [1.165, 1.54) is 11.8 Å². The third-order valence-electron chi connectivity index (χ3n) is 3.88. The summed E-state index contributed by atoms with van der Waals surface area (Å²) in [6, 6.07) is 23.9. The number of thioether (sulfide) groups is 1. The van der Waals surface area contributed by atoms with Crippen molar-refractivity contribution < 1.29 is 14.6 Å². The van der Waals surface area contributed by atoms with Crippen molar-refractivity contribution in [3.63, 3.8) is 0 Å². The van der Waals surface area contributed by atoms with Gasteiger partial charge in [0, 0.05) is 4.90 Å². The van der Waals surface area contributed by atoms with Crippen molar-refractivity contribution in [1.82, 2.24) is 0 Å². The van der Waals surface area contributed by atoms with Crippen LogP contribution in [-0.4, -0.2) is 17.6 Å². The van der Waals surface area contributed by atoms with Crippen molar-refractivity contribution in [2.45, 2.75) is 17.1 Å². The predicted molar refractivity (Wildman–Crippen MR) is 109 cm³/mol. The van der Waals surface area contributed by atoms with E-state index in [1.807, 2.05) is 61.5 Å². The number of hydrogen-bond donors (Lipinski definition) is 2. The Kier molecular flexibility index (Phi) is 6.39. The summed E-state index contributed by atoms with van der Waals surface area (Å²) < 4.78 is 5.61. The first-order valence-corrected chi connectivity index (χ1v) is 9.58. The summed E-state index contributed by atoms with van der Waals surface area (Å²) in [6.07, 6.45) is 0. The highest BCUT2D eigenvalue weighted by Crippen LogP contribution is 2.37. The number of amides is 1. The van der Waals surface area contributed by atoms with Crippen LogP contribution in [0, 0.1) is 0 Å². The van der Waals surface area contributed by atoms with E-state index in [4.69, 9.17) is 4.74 Å². The molecule has 0 saturated carbocycles. The van der Waals surface area contributed by atoms with E-state index in [9.17, 15) is 9.90 Å². The molecule has 2 N–H and O–H groups in total. The number of hydrogen-bond acceptors (Lipinski definition) is 4. The Bertz CT molecular complexity index is 882. The fraction of sp³-hybridized carbons (Fsp3) is 0.136. The van der Waals surface area contributed by atoms with Gasteiger partial charge in [-0.1, -0.05) is 42.5 Å². The molecule has 3 rings (SSSR count). The van der Waals surface area contributed by atoms with Crippen molar-refractivity contribution in [2.75, 3.05) is 11.9 Å². The summed E-state index contributed by atoms with van der Waals surface area (Å²) in [4.78, 5) is 14.0. The Morgan fingerprint density at radius 3 is 2.37 bits per heavy atom. The molecule has 0 radical (unpaired) electrons. The molecule has 0 aliphatic heterocycles. The normalized spacial score (nSPS) is 11.6. The molecule has 4 nitrogen and oxygen atoms in total. The number of aromatic hydroxyl groups is 1. The van der Waals surface area contributed by atoms with Crippen LogP contribution in [0.1, 0.15) is 17.7 Å². The number of benzene rings is 3. The van der Waals surface area contributed by atoms with E-state index in [1.54, 1.807) is 24.3 Å². The molecule has 0 aliphatic rings. The lowest BCUT2D eigenvalue weighted by molar-refractivity contribution is -0.115. The van der Waals surface area contributed by atoms with Crippen LogP contribution in [0.3, 0.4) is 0 Å². The monoisotopic (exact) mass is 379 g/mol. The smallest absolute Gasteiger partial charge is 0.242 e. The van der Waals surface area contributed by atoms with E-state index < -0.39 is 5.25 Å². The van der Waals surface area contributed by atoms with Gasteiger partial charge < -0.3 is 15.2 Å². The van der Waals surface area contributed by atoms with Gasteiger partial charge >= 0.3 is 0 Å². The topological polar surface area (TPSA) is 58.6 Å². The third kappa shape index (κ3) is 5.05. The fourth-order valence-electron chi connectivity index (χ4n) is 2.61. The van der Waals surface area contributed by atoms with E-state index in [0.717, 1.165) is 10.5 Å². The summed E-state index contributed by atoms with van der Waals surface area (Å²) in [5.41, 5.74) is 1.55. The zero-order valence-corrected chi connectivity index (χ0v) is 15.8. The quantitative estimate of drug-likeness (QED) is 0.550. The maximum Gasteiger partial charge on any atom is 0.242 e. The molecule has 1 amide bonds. The van der Waals surface area contributed by atoms with Crippen molar-refractivity contribution in [1.29, 1.82) is 0 Å². The molecule has 3 aromatic rings. The number of anilines is 1. The average molecular weight is 379 g/mol. The molecular weight excluding hydrogens is 358 g/mol. The highest BCUT2D eigenvalue weighted by Gasteiger charge is 2.23. The third-order valence-corrected chi connectivity index (χ3v) is 5.14. The number of phenolic OH excluding ortho intramolecular Hbond substituents is 1. The van der Waals surface area contributed by atoms with Crippen LogP contribution < -0.4 is 10.1 Å². The Balaban J connectivity index is 1.86. The first-order valence-electron chi connectivity index (χ1n) is 8.70. The van der Waals surface area contributed by atoms with Gasteiger partial charge in [0.2, 0.25) is 5.91 Å². The van der Waals surface area contributed by atoms with Crippen molar-refractivity contribution in [3.8, 4) is 11.5 Å². The molecule has 1 atom stereocenters. The number of carbonyl (C=O) groups is 1. The Labute approximate surface area is 163 Å². The fourth-order valence-corrected chi connectivity index (χ4v) is 3.64. The van der Waals surface area contributed by atoms with Gasteiger partial charge in [-0.15, -0.1) is 11.8 Å². The van der Waals surface area contributed by atoms with Gasteiger partial charge in [-0.05, 0) is 48.9 Å². The largest absolute Gasteiger partial charge is 0.508 e. The van der Waals surface area contributed by atoms with Crippen LogP contribution in [-0.2, 0) is 4.79 Å². The van der Waals surface area contributed by atoms with Gasteiger partial charge in [-0.3, -0.25) is 4.79 Å². The molecule has 3 aromatic carbocycles. The number of ether oxygens (including phenoxy) is 1. The molecule has 138 valence electrons. The van der Waals surface area contributed by atoms with Gasteiger partial charge in [0.15, 0.2) is 0 Å². The number of para-hydroxylation sites is 2. The summed E-state index contributed by atoms with van der Waals surface area (Å²) in [7, 11) is 0. The van der Waals surface area contributed by atoms with Crippen LogP contribution in [0.15, 0.2) is 83.8 Å². The van der Waals surface area contributed by atoms with Gasteiger partial charge in [0.1, 0.15) is 16.7 Å². The summed E-state index contributed by atoms with van der Waals surface area (Å²) in [5, 5.41) is 12.0. The van der Waals surface area contributed by atoms with Crippen molar-refractivity contribution in [3.05, 3.63) is 84.4 Å². The second-order valence-electron chi connectivity index (χ2n) is 5.82. The summed E-state index contributed by atoms with van der Waals surface area (Å²) >= 11 is 1.43. The maximum absolute atomic E-state index is 13.1. The number of rotatable bonds is 7. The molecular formula is C22H21NO3S. The molecule has 0 spiro atoms. The van der Waals surface area contributed by atoms with Crippen LogP contribution >= 0.6 is 11.8 Å². The molecule has 0 bridgehead atoms. The summed E-state index contributed by atoms with van der Waals surface area (Å²) in [5.74, 6) is 0.715. The van der Waals surface area contributed by atoms with Crippen LogP contribution in [0.25, 0.3) is 0 Å². The Morgan fingerprint density at radius 2 is 1.67 bits per heavy atom. The lowest BCUT2D eigenvalue weighted by Gasteiger charge is -2.18. The average Bonchev–Trinajstić information content (AvgIpc) is 2.70. The van der Waals surface area contributed by atoms with Gasteiger partial charge in [-0.2, -0.15) is 0 Å². The van der Waals surface area contributed by atoms with E-state index in [0.29, 0.717) is 18.0 Å². The molecule has 1 unspecified atom stereocenters. The van der Waals surface area contributed by atoms with Gasteiger partial charge in [-0.25, -0.2) is 0 Å².